The number of benzene rings is 1. The lowest BCUT2D eigenvalue weighted by molar-refractivity contribution is -0.129. The number of thioether (sulfide) groups is 1. The molecule has 2 rings (SSSR count). The van der Waals surface area contributed by atoms with Gasteiger partial charge in [-0.15, -0.1) is 11.8 Å². The lowest BCUT2D eigenvalue weighted by Gasteiger charge is -2.24. The van der Waals surface area contributed by atoms with Gasteiger partial charge in [-0.25, -0.2) is 4.39 Å². The number of carbonyl (C=O) groups excluding carboxylic acids is 1. The van der Waals surface area contributed by atoms with Gasteiger partial charge in [0.1, 0.15) is 5.82 Å². The molecule has 2 nitrogen and oxygen atoms in total. The molecule has 0 aliphatic heterocycles. The lowest BCUT2D eigenvalue weighted by Crippen LogP contribution is -2.36. The second-order valence-corrected chi connectivity index (χ2v) is 6.53. The van der Waals surface area contributed by atoms with Crippen LogP contribution in [0.3, 0.4) is 0 Å². The molecular weight excluding hydrogens is 297 g/mol. The minimum atomic E-state index is -0.304. The summed E-state index contributed by atoms with van der Waals surface area (Å²) in [7, 11) is 1.87. The van der Waals surface area contributed by atoms with Gasteiger partial charge in [-0.2, -0.15) is 0 Å². The highest BCUT2D eigenvalue weighted by Gasteiger charge is 2.23. The van der Waals surface area contributed by atoms with Crippen LogP contribution >= 0.6 is 23.4 Å². The third kappa shape index (κ3) is 3.89. The molecule has 0 radical (unpaired) electrons. The topological polar surface area (TPSA) is 20.3 Å². The van der Waals surface area contributed by atoms with Gasteiger partial charge in [0.25, 0.3) is 0 Å². The van der Waals surface area contributed by atoms with E-state index in [0.717, 1.165) is 12.8 Å². The van der Waals surface area contributed by atoms with Crippen LogP contribution in [0.1, 0.15) is 31.2 Å². The maximum atomic E-state index is 13.6. The number of halogens is 2. The predicted octanol–water partition coefficient (Wildman–Crippen LogP) is 4.11. The average Bonchev–Trinajstić information content (AvgIpc) is 2.95. The molecule has 0 N–H and O–H groups in total. The van der Waals surface area contributed by atoms with Crippen molar-refractivity contribution in [3.05, 3.63) is 34.6 Å². The van der Waals surface area contributed by atoms with E-state index in [1.54, 1.807) is 12.1 Å². The van der Waals surface area contributed by atoms with Gasteiger partial charge in [-0.1, -0.05) is 30.5 Å². The van der Waals surface area contributed by atoms with E-state index in [0.29, 0.717) is 28.1 Å². The number of amides is 1. The molecule has 1 aliphatic rings. The van der Waals surface area contributed by atoms with Crippen LogP contribution in [0.4, 0.5) is 4.39 Å². The molecule has 1 fully saturated rings. The van der Waals surface area contributed by atoms with Crippen molar-refractivity contribution in [2.24, 2.45) is 0 Å². The molecule has 0 atom stereocenters. The van der Waals surface area contributed by atoms with Gasteiger partial charge in [0.05, 0.1) is 5.75 Å². The highest BCUT2D eigenvalue weighted by Crippen LogP contribution is 2.25. The monoisotopic (exact) mass is 315 g/mol. The zero-order valence-corrected chi connectivity index (χ0v) is 13.1. The Morgan fingerprint density at radius 1 is 1.45 bits per heavy atom. The Kier molecular flexibility index (Phi) is 5.73. The van der Waals surface area contributed by atoms with E-state index in [4.69, 9.17) is 11.6 Å². The Balaban J connectivity index is 1.82. The summed E-state index contributed by atoms with van der Waals surface area (Å²) in [5.74, 6) is 0.615. The maximum Gasteiger partial charge on any atom is 0.232 e. The third-order valence-electron chi connectivity index (χ3n) is 3.80. The smallest absolute Gasteiger partial charge is 0.232 e. The maximum absolute atomic E-state index is 13.6. The molecule has 1 amide bonds. The molecular formula is C15H19ClFNOS. The molecule has 110 valence electrons. The molecule has 0 bridgehead atoms. The zero-order valence-electron chi connectivity index (χ0n) is 11.6. The van der Waals surface area contributed by atoms with Crippen molar-refractivity contribution in [2.45, 2.75) is 37.5 Å². The SMILES string of the molecule is CN(C(=O)CSCc1c(F)cccc1Cl)C1CCCC1. The molecule has 0 spiro atoms. The third-order valence-corrected chi connectivity index (χ3v) is 5.10. The molecule has 1 aromatic rings. The molecule has 1 aliphatic carbocycles. The second-order valence-electron chi connectivity index (χ2n) is 5.14. The van der Waals surface area contributed by atoms with E-state index >= 15 is 0 Å². The van der Waals surface area contributed by atoms with Gasteiger partial charge in [0.15, 0.2) is 0 Å². The Morgan fingerprint density at radius 2 is 2.15 bits per heavy atom. The summed E-state index contributed by atoms with van der Waals surface area (Å²) in [4.78, 5) is 13.9. The predicted molar refractivity (Wildman–Crippen MR) is 82.6 cm³/mol. The van der Waals surface area contributed by atoms with Gasteiger partial charge in [-0.3, -0.25) is 4.79 Å². The molecule has 20 heavy (non-hydrogen) atoms. The second kappa shape index (κ2) is 7.32. The average molecular weight is 316 g/mol. The van der Waals surface area contributed by atoms with Crippen molar-refractivity contribution in [1.29, 1.82) is 0 Å². The largest absolute Gasteiger partial charge is 0.342 e. The van der Waals surface area contributed by atoms with Crippen LogP contribution in [0, 0.1) is 5.82 Å². The van der Waals surface area contributed by atoms with Crippen LogP contribution < -0.4 is 0 Å². The summed E-state index contributed by atoms with van der Waals surface area (Å²) in [5, 5.41) is 0.425. The number of rotatable bonds is 5. The first-order valence-corrected chi connectivity index (χ1v) is 8.39. The van der Waals surface area contributed by atoms with E-state index in [1.165, 1.54) is 30.7 Å². The van der Waals surface area contributed by atoms with E-state index in [1.807, 2.05) is 11.9 Å². The molecule has 0 unspecified atom stereocenters. The minimum Gasteiger partial charge on any atom is -0.342 e. The number of nitrogens with zero attached hydrogens (tertiary/aromatic N) is 1. The molecule has 0 saturated heterocycles. The van der Waals surface area contributed by atoms with Crippen LogP contribution in [0.15, 0.2) is 18.2 Å². The van der Waals surface area contributed by atoms with Gasteiger partial charge in [-0.05, 0) is 25.0 Å². The van der Waals surface area contributed by atoms with Gasteiger partial charge in [0.2, 0.25) is 5.91 Å². The minimum absolute atomic E-state index is 0.120. The highest BCUT2D eigenvalue weighted by atomic mass is 35.5. The van der Waals surface area contributed by atoms with Crippen molar-refractivity contribution < 1.29 is 9.18 Å². The molecule has 1 saturated carbocycles. The summed E-state index contributed by atoms with van der Waals surface area (Å²) < 4.78 is 13.6. The fourth-order valence-corrected chi connectivity index (χ4v) is 3.79. The van der Waals surface area contributed by atoms with Crippen LogP contribution in [0.5, 0.6) is 0 Å². The van der Waals surface area contributed by atoms with Crippen LogP contribution in [0.25, 0.3) is 0 Å². The molecule has 1 aromatic carbocycles. The lowest BCUT2D eigenvalue weighted by atomic mass is 10.2. The fourth-order valence-electron chi connectivity index (χ4n) is 2.51. The number of carbonyl (C=O) groups is 1. The zero-order chi connectivity index (χ0) is 14.5. The Labute approximate surface area is 128 Å². The first-order valence-electron chi connectivity index (χ1n) is 6.86. The van der Waals surface area contributed by atoms with E-state index in [9.17, 15) is 9.18 Å². The van der Waals surface area contributed by atoms with E-state index in [-0.39, 0.29) is 11.7 Å². The highest BCUT2D eigenvalue weighted by molar-refractivity contribution is 7.99. The number of hydrogen-bond acceptors (Lipinski definition) is 2. The number of hydrogen-bond donors (Lipinski definition) is 0. The summed E-state index contributed by atoms with van der Waals surface area (Å²) in [6.45, 7) is 0. The molecule has 0 aromatic heterocycles. The summed E-state index contributed by atoms with van der Waals surface area (Å²) >= 11 is 7.38. The van der Waals surface area contributed by atoms with Crippen LogP contribution in [-0.2, 0) is 10.5 Å². The van der Waals surface area contributed by atoms with Gasteiger partial charge >= 0.3 is 0 Å². The van der Waals surface area contributed by atoms with Crippen LogP contribution in [-0.4, -0.2) is 29.6 Å². The molecule has 0 heterocycles. The standard InChI is InChI=1S/C15H19ClFNOS/c1-18(11-5-2-3-6-11)15(19)10-20-9-12-13(16)7-4-8-14(12)17/h4,7-8,11H,2-3,5-6,9-10H2,1H3. The van der Waals surface area contributed by atoms with Crippen molar-refractivity contribution in [2.75, 3.05) is 12.8 Å². The first-order chi connectivity index (χ1) is 9.59. The van der Waals surface area contributed by atoms with E-state index < -0.39 is 0 Å². The van der Waals surface area contributed by atoms with Crippen molar-refractivity contribution in [3.8, 4) is 0 Å². The van der Waals surface area contributed by atoms with Crippen LogP contribution in [0.2, 0.25) is 5.02 Å². The summed E-state index contributed by atoms with van der Waals surface area (Å²) in [5.41, 5.74) is 0.482. The van der Waals surface area contributed by atoms with Crippen molar-refractivity contribution in [1.82, 2.24) is 4.90 Å². The fraction of sp³-hybridized carbons (Fsp3) is 0.533. The van der Waals surface area contributed by atoms with Crippen molar-refractivity contribution in [3.63, 3.8) is 0 Å². The quantitative estimate of drug-likeness (QED) is 0.815. The molecule has 5 heteroatoms. The Morgan fingerprint density at radius 3 is 2.80 bits per heavy atom. The van der Waals surface area contributed by atoms with Crippen molar-refractivity contribution >= 4 is 29.3 Å². The summed E-state index contributed by atoms with van der Waals surface area (Å²) in [6.07, 6.45) is 4.62. The normalized spacial score (nSPS) is 15.6. The van der Waals surface area contributed by atoms with E-state index in [2.05, 4.69) is 0 Å². The van der Waals surface area contributed by atoms with Gasteiger partial charge < -0.3 is 4.90 Å². The first kappa shape index (κ1) is 15.6. The Bertz CT molecular complexity index is 457. The summed E-state index contributed by atoms with van der Waals surface area (Å²) in [6, 6.07) is 5.05. The Hall–Kier alpha value is -0.740. The van der Waals surface area contributed by atoms with Gasteiger partial charge in [0, 0.05) is 29.4 Å².